The molecule has 0 saturated carbocycles. The molecule has 0 N–H and O–H groups in total. The standard InChI is InChI=1S/2C6H10O2S.Ba/c2*7-6(8)5-3-1-2-4-9-5;/h2*5H,1-4H2,(H,7,8);/q;;+2/p-2. The van der Waals surface area contributed by atoms with Crippen LogP contribution >= 0.6 is 23.5 Å². The largest absolute Gasteiger partial charge is 2.00 e. The summed E-state index contributed by atoms with van der Waals surface area (Å²) in [6.07, 6.45) is 6.01. The van der Waals surface area contributed by atoms with Gasteiger partial charge < -0.3 is 19.8 Å². The second-order valence-corrected chi connectivity index (χ2v) is 6.97. The quantitative estimate of drug-likeness (QED) is 0.561. The number of rotatable bonds is 2. The van der Waals surface area contributed by atoms with E-state index in [2.05, 4.69) is 0 Å². The van der Waals surface area contributed by atoms with Crippen LogP contribution in [0.4, 0.5) is 0 Å². The first kappa shape index (κ1) is 20.2. The molecule has 2 aliphatic rings. The third-order valence-corrected chi connectivity index (χ3v) is 5.59. The van der Waals surface area contributed by atoms with Crippen molar-refractivity contribution < 1.29 is 19.8 Å². The van der Waals surface area contributed by atoms with E-state index in [1.165, 1.54) is 23.5 Å². The van der Waals surface area contributed by atoms with Crippen LogP contribution in [0.1, 0.15) is 38.5 Å². The zero-order chi connectivity index (χ0) is 13.4. The van der Waals surface area contributed by atoms with Crippen molar-refractivity contribution in [2.24, 2.45) is 0 Å². The molecule has 2 saturated heterocycles. The molecular formula is C12H18BaO4S2. The topological polar surface area (TPSA) is 80.3 Å². The average Bonchev–Trinajstić information content (AvgIpc) is 2.41. The molecular weight excluding hydrogens is 410 g/mol. The van der Waals surface area contributed by atoms with Gasteiger partial charge in [0.25, 0.3) is 0 Å². The van der Waals surface area contributed by atoms with Crippen LogP contribution in [0.2, 0.25) is 0 Å². The molecule has 2 heterocycles. The molecule has 0 aromatic carbocycles. The van der Waals surface area contributed by atoms with Crippen LogP contribution in [0.25, 0.3) is 0 Å². The normalized spacial score (nSPS) is 26.3. The number of carbonyl (C=O) groups is 2. The van der Waals surface area contributed by atoms with Gasteiger partial charge in [-0.15, -0.1) is 0 Å². The van der Waals surface area contributed by atoms with E-state index in [1.807, 2.05) is 0 Å². The van der Waals surface area contributed by atoms with Crippen LogP contribution < -0.4 is 10.2 Å². The molecule has 0 spiro atoms. The van der Waals surface area contributed by atoms with E-state index in [0.29, 0.717) is 0 Å². The number of carbonyl (C=O) groups excluding carboxylic acids is 2. The van der Waals surface area contributed by atoms with E-state index in [9.17, 15) is 19.8 Å². The Bertz CT molecular complexity index is 249. The third-order valence-electron chi connectivity index (χ3n) is 2.89. The fourth-order valence-electron chi connectivity index (χ4n) is 1.85. The zero-order valence-electron chi connectivity index (χ0n) is 11.0. The molecule has 19 heavy (non-hydrogen) atoms. The Morgan fingerprint density at radius 2 is 1.16 bits per heavy atom. The summed E-state index contributed by atoms with van der Waals surface area (Å²) in [4.78, 5) is 20.4. The molecule has 2 aliphatic heterocycles. The van der Waals surface area contributed by atoms with E-state index in [-0.39, 0.29) is 59.4 Å². The molecule has 0 aliphatic carbocycles. The van der Waals surface area contributed by atoms with Gasteiger partial charge in [0.2, 0.25) is 0 Å². The third kappa shape index (κ3) is 8.95. The summed E-state index contributed by atoms with van der Waals surface area (Å²) in [5.74, 6) is 0.191. The van der Waals surface area contributed by atoms with Crippen molar-refractivity contribution in [2.45, 2.75) is 49.0 Å². The molecule has 2 atom stereocenters. The van der Waals surface area contributed by atoms with Crippen molar-refractivity contribution in [3.8, 4) is 0 Å². The molecule has 0 aromatic heterocycles. The number of aliphatic carboxylic acids is 2. The summed E-state index contributed by atoms with van der Waals surface area (Å²) in [7, 11) is 0. The Morgan fingerprint density at radius 1 is 0.789 bits per heavy atom. The van der Waals surface area contributed by atoms with Gasteiger partial charge in [-0.1, -0.05) is 12.8 Å². The number of carboxylic acid groups (broad SMARTS) is 2. The van der Waals surface area contributed by atoms with Gasteiger partial charge in [0.15, 0.2) is 0 Å². The summed E-state index contributed by atoms with van der Waals surface area (Å²) in [5, 5.41) is 20.0. The van der Waals surface area contributed by atoms with Crippen LogP contribution in [0.15, 0.2) is 0 Å². The van der Waals surface area contributed by atoms with Crippen molar-refractivity contribution in [1.82, 2.24) is 0 Å². The number of carboxylic acids is 2. The van der Waals surface area contributed by atoms with Gasteiger partial charge in [0, 0.05) is 10.5 Å². The molecule has 0 radical (unpaired) electrons. The predicted octanol–water partition coefficient (Wildman–Crippen LogP) is -0.337. The maximum absolute atomic E-state index is 10.2. The molecule has 4 nitrogen and oxygen atoms in total. The fraction of sp³-hybridized carbons (Fsp3) is 0.833. The van der Waals surface area contributed by atoms with Gasteiger partial charge in [0.05, 0.1) is 11.9 Å². The van der Waals surface area contributed by atoms with Crippen LogP contribution in [-0.4, -0.2) is 82.8 Å². The molecule has 104 valence electrons. The Hall–Kier alpha value is 1.21. The van der Waals surface area contributed by atoms with E-state index >= 15 is 0 Å². The maximum Gasteiger partial charge on any atom is 2.00 e. The van der Waals surface area contributed by atoms with Crippen molar-refractivity contribution in [2.75, 3.05) is 11.5 Å². The minimum Gasteiger partial charge on any atom is -0.549 e. The average molecular weight is 428 g/mol. The van der Waals surface area contributed by atoms with Gasteiger partial charge >= 0.3 is 48.9 Å². The first-order valence-electron chi connectivity index (χ1n) is 6.26. The zero-order valence-corrected chi connectivity index (χ0v) is 17.0. The second kappa shape index (κ2) is 11.8. The van der Waals surface area contributed by atoms with Gasteiger partial charge in [-0.2, -0.15) is 23.5 Å². The number of thioether (sulfide) groups is 2. The minimum atomic E-state index is -0.889. The summed E-state index contributed by atoms with van der Waals surface area (Å²) in [6, 6.07) is 0. The van der Waals surface area contributed by atoms with Crippen molar-refractivity contribution >= 4 is 84.3 Å². The summed E-state index contributed by atoms with van der Waals surface area (Å²) in [5.41, 5.74) is 0. The predicted molar refractivity (Wildman–Crippen MR) is 76.0 cm³/mol. The van der Waals surface area contributed by atoms with Gasteiger partial charge in [0.1, 0.15) is 0 Å². The van der Waals surface area contributed by atoms with Crippen LogP contribution in [-0.2, 0) is 9.59 Å². The smallest absolute Gasteiger partial charge is 0.549 e. The van der Waals surface area contributed by atoms with Crippen molar-refractivity contribution in [1.29, 1.82) is 0 Å². The van der Waals surface area contributed by atoms with Crippen LogP contribution in [0, 0.1) is 0 Å². The van der Waals surface area contributed by atoms with E-state index < -0.39 is 11.9 Å². The molecule has 0 bridgehead atoms. The van der Waals surface area contributed by atoms with E-state index in [4.69, 9.17) is 0 Å². The SMILES string of the molecule is O=C([O-])C1CCCCS1.O=C([O-])C1CCCCS1.[Ba+2]. The first-order valence-corrected chi connectivity index (χ1v) is 8.36. The van der Waals surface area contributed by atoms with Crippen LogP contribution in [0.3, 0.4) is 0 Å². The van der Waals surface area contributed by atoms with Gasteiger partial charge in [-0.3, -0.25) is 0 Å². The first-order chi connectivity index (χ1) is 8.61. The molecule has 2 rings (SSSR count). The van der Waals surface area contributed by atoms with E-state index in [1.54, 1.807) is 0 Å². The summed E-state index contributed by atoms with van der Waals surface area (Å²) in [6.45, 7) is 0. The molecule has 0 aromatic rings. The number of hydrogen-bond acceptors (Lipinski definition) is 6. The van der Waals surface area contributed by atoms with Crippen molar-refractivity contribution in [3.05, 3.63) is 0 Å². The Labute approximate surface area is 162 Å². The monoisotopic (exact) mass is 428 g/mol. The molecule has 7 heteroatoms. The molecule has 0 amide bonds. The number of hydrogen-bond donors (Lipinski definition) is 0. The Morgan fingerprint density at radius 3 is 1.32 bits per heavy atom. The van der Waals surface area contributed by atoms with Crippen LogP contribution in [0.5, 0.6) is 0 Å². The summed E-state index contributed by atoms with van der Waals surface area (Å²) < 4.78 is 0. The second-order valence-electron chi connectivity index (χ2n) is 4.35. The summed E-state index contributed by atoms with van der Waals surface area (Å²) >= 11 is 3.02. The Kier molecular flexibility index (Phi) is 12.6. The minimum absolute atomic E-state index is 0. The fourth-order valence-corrected chi connectivity index (χ4v) is 4.10. The van der Waals surface area contributed by atoms with Crippen molar-refractivity contribution in [3.63, 3.8) is 0 Å². The molecule has 2 unspecified atom stereocenters. The molecule has 2 fully saturated rings. The van der Waals surface area contributed by atoms with E-state index in [0.717, 1.165) is 50.0 Å². The Balaban J connectivity index is 0.000000324. The maximum atomic E-state index is 10.2. The van der Waals surface area contributed by atoms with Gasteiger partial charge in [-0.25, -0.2) is 0 Å². The van der Waals surface area contributed by atoms with Gasteiger partial charge in [-0.05, 0) is 37.2 Å².